The van der Waals surface area contributed by atoms with Crippen molar-refractivity contribution in [2.24, 2.45) is 21.1 Å². The van der Waals surface area contributed by atoms with Gasteiger partial charge in [0.2, 0.25) is 0 Å². The van der Waals surface area contributed by atoms with Crippen LogP contribution in [0.25, 0.3) is 170 Å². The molecular weight excluding hydrogens is 1380 g/mol. The van der Waals surface area contributed by atoms with Crippen molar-refractivity contribution in [2.75, 3.05) is 0 Å². The van der Waals surface area contributed by atoms with Crippen molar-refractivity contribution in [3.05, 3.63) is 429 Å². The average molecular weight is 1470 g/mol. The number of hydrogen-bond donors (Lipinski definition) is 0. The monoisotopic (exact) mass is 1470 g/mol. The van der Waals surface area contributed by atoms with Gasteiger partial charge in [0.15, 0.2) is 0 Å². The zero-order valence-electron chi connectivity index (χ0n) is 64.9. The van der Waals surface area contributed by atoms with Crippen LogP contribution in [0.3, 0.4) is 0 Å². The summed E-state index contributed by atoms with van der Waals surface area (Å²) in [5, 5.41) is 15.9. The molecule has 17 aromatic carbocycles. The van der Waals surface area contributed by atoms with Crippen LogP contribution < -0.4 is 0 Å². The second-order valence-electron chi connectivity index (χ2n) is 29.5. The maximum atomic E-state index is 2.34. The van der Waals surface area contributed by atoms with Gasteiger partial charge < -0.3 is 27.4 Å². The van der Waals surface area contributed by atoms with Crippen LogP contribution >= 0.6 is 0 Å². The van der Waals surface area contributed by atoms with Gasteiger partial charge in [0, 0.05) is 136 Å². The Morgan fingerprint density at radius 1 is 0.175 bits per heavy atom. The Labute approximate surface area is 664 Å². The van der Waals surface area contributed by atoms with Crippen LogP contribution in [0.4, 0.5) is 0 Å². The molecular formula is C108H86N6. The molecule has 23 rings (SSSR count). The molecule has 6 heterocycles. The van der Waals surface area contributed by atoms with Gasteiger partial charge in [-0.1, -0.05) is 309 Å². The van der Waals surface area contributed by atoms with E-state index in [2.05, 4.69) is 482 Å². The topological polar surface area (TPSA) is 29.6 Å². The average Bonchev–Trinajstić information content (AvgIpc) is 1.61. The lowest BCUT2D eigenvalue weighted by Crippen LogP contribution is -1.92. The third-order valence-electron chi connectivity index (χ3n) is 22.5. The van der Waals surface area contributed by atoms with Crippen LogP contribution in [-0.2, 0) is 21.1 Å². The molecule has 0 unspecified atom stereocenters. The SMILES string of the molecule is Cc1ccc2c(c1)c1ccccc1n2-c1ccccc1.Cc1ccc2c3ccccc3n(-c3ccccc3)c2c1.Cc1cccc2c1c1ccccc1n2-c1ccccc1.Cn1c2ccccc2c2ccc(-c3ccccc3)cc21.Cn1c2ccccc2c2cccc(-c3ccccc3)c21.Cn1c2ccccc2c2ccccc21. The Balaban J connectivity index is 0.0000000954. The summed E-state index contributed by atoms with van der Waals surface area (Å²) in [6.07, 6.45) is 0. The Morgan fingerprint density at radius 3 is 1.03 bits per heavy atom. The summed E-state index contributed by atoms with van der Waals surface area (Å²) in [5.41, 5.74) is 28.0. The van der Waals surface area contributed by atoms with Crippen molar-refractivity contribution in [3.63, 3.8) is 0 Å². The van der Waals surface area contributed by atoms with Crippen LogP contribution in [-0.4, -0.2) is 27.4 Å². The van der Waals surface area contributed by atoms with Crippen LogP contribution in [0, 0.1) is 20.8 Å². The lowest BCUT2D eigenvalue weighted by Gasteiger charge is -2.07. The van der Waals surface area contributed by atoms with E-state index in [1.807, 2.05) is 0 Å². The molecule has 23 aromatic rings. The Hall–Kier alpha value is -14.5. The van der Waals surface area contributed by atoms with Crippen LogP contribution in [0.2, 0.25) is 0 Å². The van der Waals surface area contributed by atoms with E-state index in [0.717, 1.165) is 0 Å². The largest absolute Gasteiger partial charge is 0.344 e. The van der Waals surface area contributed by atoms with Crippen molar-refractivity contribution in [2.45, 2.75) is 20.8 Å². The molecule has 0 amide bonds. The van der Waals surface area contributed by atoms with Crippen LogP contribution in [0.1, 0.15) is 16.7 Å². The van der Waals surface area contributed by atoms with Crippen molar-refractivity contribution < 1.29 is 0 Å². The zero-order chi connectivity index (χ0) is 77.2. The fraction of sp³-hybridized carbons (Fsp3) is 0.0556. The first-order valence-corrected chi connectivity index (χ1v) is 39.2. The van der Waals surface area contributed by atoms with Gasteiger partial charge >= 0.3 is 0 Å². The van der Waals surface area contributed by atoms with E-state index in [9.17, 15) is 0 Å². The molecule has 548 valence electrons. The zero-order valence-corrected chi connectivity index (χ0v) is 64.9. The van der Waals surface area contributed by atoms with Crippen molar-refractivity contribution in [3.8, 4) is 39.3 Å². The maximum absolute atomic E-state index is 2.34. The number of hydrogen-bond acceptors (Lipinski definition) is 0. The minimum atomic E-state index is 1.21. The highest BCUT2D eigenvalue weighted by Crippen LogP contribution is 2.39. The standard InChI is InChI=1S/5C19H15N.C13H11N/c1-14-8-7-13-18-19(14)16-11-5-6-12-17(16)20(18)15-9-3-2-4-10-15;1-20-18-13-6-5-10-16(18)17-12-7-11-15(19(17)20)14-8-3-2-4-9-14;1-20-18-10-6-5-9-16(18)17-12-11-15(13-19(17)20)14-7-3-2-4-8-14;1-14-11-12-19-17(13-14)16-9-5-6-10-18(16)20(19)15-7-3-2-4-8-15;1-14-11-12-17-16-9-5-6-10-18(16)20(19(17)13-14)15-7-3-2-4-8-15;1-14-12-8-4-2-6-10(12)11-7-3-5-9-13(11)14/h5*2-13H,1H3;2-9H,1H3. The summed E-state index contributed by atoms with van der Waals surface area (Å²) in [4.78, 5) is 0. The summed E-state index contributed by atoms with van der Waals surface area (Å²) < 4.78 is 13.8. The second kappa shape index (κ2) is 31.1. The summed E-state index contributed by atoms with van der Waals surface area (Å²) in [7, 11) is 6.40. The number of nitrogens with zero attached hydrogens (tertiary/aromatic N) is 6. The fourth-order valence-corrected chi connectivity index (χ4v) is 17.1. The number of rotatable bonds is 5. The second-order valence-corrected chi connectivity index (χ2v) is 29.5. The Kier molecular flexibility index (Phi) is 19.4. The van der Waals surface area contributed by atoms with Gasteiger partial charge in [-0.25, -0.2) is 0 Å². The highest BCUT2D eigenvalue weighted by atomic mass is 15.0. The minimum absolute atomic E-state index is 1.21. The Bertz CT molecular complexity index is 7300. The van der Waals surface area contributed by atoms with Gasteiger partial charge in [-0.15, -0.1) is 0 Å². The molecule has 0 atom stereocenters. The van der Waals surface area contributed by atoms with E-state index in [4.69, 9.17) is 0 Å². The maximum Gasteiger partial charge on any atom is 0.0568 e. The van der Waals surface area contributed by atoms with Gasteiger partial charge in [-0.3, -0.25) is 0 Å². The van der Waals surface area contributed by atoms with Crippen molar-refractivity contribution >= 4 is 131 Å². The molecule has 6 heteroatoms. The van der Waals surface area contributed by atoms with Crippen LogP contribution in [0.15, 0.2) is 413 Å². The quantitative estimate of drug-likeness (QED) is 0.164. The first-order valence-electron chi connectivity index (χ1n) is 39.2. The minimum Gasteiger partial charge on any atom is -0.344 e. The number of aromatic nitrogens is 6. The lowest BCUT2D eigenvalue weighted by molar-refractivity contribution is 1.01. The highest BCUT2D eigenvalue weighted by Gasteiger charge is 2.18. The molecule has 0 bridgehead atoms. The molecule has 0 radical (unpaired) electrons. The smallest absolute Gasteiger partial charge is 0.0568 e. The summed E-state index contributed by atoms with van der Waals surface area (Å²) in [5.74, 6) is 0. The third kappa shape index (κ3) is 13.3. The molecule has 6 nitrogen and oxygen atoms in total. The molecule has 0 saturated heterocycles. The molecule has 114 heavy (non-hydrogen) atoms. The van der Waals surface area contributed by atoms with E-state index in [-0.39, 0.29) is 0 Å². The number of aryl methyl sites for hydroxylation is 6. The van der Waals surface area contributed by atoms with Crippen molar-refractivity contribution in [1.29, 1.82) is 0 Å². The van der Waals surface area contributed by atoms with Gasteiger partial charge in [0.1, 0.15) is 0 Å². The van der Waals surface area contributed by atoms with Crippen LogP contribution in [0.5, 0.6) is 0 Å². The molecule has 0 fully saturated rings. The van der Waals surface area contributed by atoms with E-state index in [0.29, 0.717) is 0 Å². The number of benzene rings is 17. The van der Waals surface area contributed by atoms with Crippen molar-refractivity contribution in [1.82, 2.24) is 27.4 Å². The summed E-state index contributed by atoms with van der Waals surface area (Å²) >= 11 is 0. The molecule has 0 N–H and O–H groups in total. The molecule has 0 aliphatic heterocycles. The van der Waals surface area contributed by atoms with Gasteiger partial charge in [0.05, 0.1) is 38.6 Å². The van der Waals surface area contributed by atoms with Gasteiger partial charge in [-0.05, 0) is 158 Å². The van der Waals surface area contributed by atoms with Gasteiger partial charge in [0.25, 0.3) is 0 Å². The normalized spacial score (nSPS) is 11.2. The highest BCUT2D eigenvalue weighted by molar-refractivity contribution is 6.15. The van der Waals surface area contributed by atoms with E-state index < -0.39 is 0 Å². The summed E-state index contributed by atoms with van der Waals surface area (Å²) in [6.45, 7) is 6.48. The van der Waals surface area contributed by atoms with E-state index >= 15 is 0 Å². The first-order chi connectivity index (χ1) is 56.1. The number of fused-ring (bicyclic) bond motifs is 18. The third-order valence-corrected chi connectivity index (χ3v) is 22.5. The molecule has 0 aliphatic carbocycles. The predicted molar refractivity (Wildman–Crippen MR) is 489 cm³/mol. The molecule has 0 spiro atoms. The fourth-order valence-electron chi connectivity index (χ4n) is 17.1. The lowest BCUT2D eigenvalue weighted by atomic mass is 10.0. The van der Waals surface area contributed by atoms with Gasteiger partial charge in [-0.2, -0.15) is 0 Å². The first kappa shape index (κ1) is 71.2. The molecule has 0 saturated carbocycles. The van der Waals surface area contributed by atoms with E-state index in [1.165, 1.54) is 187 Å². The predicted octanol–water partition coefficient (Wildman–Crippen LogP) is 28.6. The summed E-state index contributed by atoms with van der Waals surface area (Å²) in [6, 6.07) is 146. The van der Waals surface area contributed by atoms with E-state index in [1.54, 1.807) is 0 Å². The molecule has 6 aromatic heterocycles. The molecule has 0 aliphatic rings. The Morgan fingerprint density at radius 2 is 0.500 bits per heavy atom. The number of para-hydroxylation sites is 11.